The van der Waals surface area contributed by atoms with Crippen molar-refractivity contribution in [3.05, 3.63) is 11.7 Å². The van der Waals surface area contributed by atoms with Crippen LogP contribution in [0.25, 0.3) is 0 Å². The molecule has 1 aromatic rings. The van der Waals surface area contributed by atoms with Crippen LogP contribution in [0.2, 0.25) is 0 Å². The highest BCUT2D eigenvalue weighted by atomic mass is 16.5. The van der Waals surface area contributed by atoms with E-state index in [0.29, 0.717) is 5.92 Å². The fraction of sp³-hybridized carbons (Fsp3) is 0.833. The van der Waals surface area contributed by atoms with Gasteiger partial charge in [0.15, 0.2) is 5.82 Å². The van der Waals surface area contributed by atoms with Crippen molar-refractivity contribution >= 4 is 0 Å². The van der Waals surface area contributed by atoms with Gasteiger partial charge in [-0.15, -0.1) is 0 Å². The summed E-state index contributed by atoms with van der Waals surface area (Å²) in [4.78, 5) is 4.51. The van der Waals surface area contributed by atoms with Gasteiger partial charge in [-0.3, -0.25) is 0 Å². The Morgan fingerprint density at radius 1 is 1.44 bits per heavy atom. The second kappa shape index (κ2) is 5.43. The zero-order chi connectivity index (χ0) is 11.4. The zero-order valence-corrected chi connectivity index (χ0v) is 10.2. The molecule has 0 saturated carbocycles. The molecule has 0 aromatic carbocycles. The van der Waals surface area contributed by atoms with Gasteiger partial charge in [0.05, 0.1) is 6.04 Å². The Kier molecular flexibility index (Phi) is 3.93. The molecule has 0 aliphatic carbocycles. The fourth-order valence-electron chi connectivity index (χ4n) is 2.01. The summed E-state index contributed by atoms with van der Waals surface area (Å²) in [6.07, 6.45) is 5.97. The number of aromatic nitrogens is 2. The van der Waals surface area contributed by atoms with Gasteiger partial charge in [0.1, 0.15) is 0 Å². The monoisotopic (exact) mass is 223 g/mol. The number of hydrogen-bond acceptors (Lipinski definition) is 4. The third kappa shape index (κ3) is 2.61. The van der Waals surface area contributed by atoms with E-state index >= 15 is 0 Å². The van der Waals surface area contributed by atoms with Crippen molar-refractivity contribution in [1.82, 2.24) is 15.5 Å². The summed E-state index contributed by atoms with van der Waals surface area (Å²) in [6.45, 7) is 5.34. The van der Waals surface area contributed by atoms with Crippen LogP contribution in [0, 0.1) is 0 Å². The van der Waals surface area contributed by atoms with Gasteiger partial charge in [0.2, 0.25) is 5.89 Å². The van der Waals surface area contributed by atoms with Gasteiger partial charge in [-0.1, -0.05) is 31.8 Å². The molecule has 0 bridgehead atoms. The van der Waals surface area contributed by atoms with Crippen LogP contribution in [0.4, 0.5) is 0 Å². The van der Waals surface area contributed by atoms with Crippen molar-refractivity contribution in [1.29, 1.82) is 0 Å². The highest BCUT2D eigenvalue weighted by molar-refractivity contribution is 4.97. The van der Waals surface area contributed by atoms with Crippen molar-refractivity contribution in [3.8, 4) is 0 Å². The van der Waals surface area contributed by atoms with Gasteiger partial charge in [-0.25, -0.2) is 0 Å². The number of nitrogens with zero attached hydrogens (tertiary/aromatic N) is 2. The second-order valence-corrected chi connectivity index (χ2v) is 4.66. The molecular weight excluding hydrogens is 202 g/mol. The minimum absolute atomic E-state index is 0.271. The molecule has 2 unspecified atom stereocenters. The lowest BCUT2D eigenvalue weighted by atomic mass is 10.1. The molecular formula is C12H21N3O. The molecule has 1 fully saturated rings. The summed E-state index contributed by atoms with van der Waals surface area (Å²) in [5.41, 5.74) is 0. The Balaban J connectivity index is 2.05. The van der Waals surface area contributed by atoms with E-state index < -0.39 is 0 Å². The van der Waals surface area contributed by atoms with Crippen molar-refractivity contribution in [2.75, 3.05) is 6.54 Å². The van der Waals surface area contributed by atoms with E-state index in [1.54, 1.807) is 0 Å². The highest BCUT2D eigenvalue weighted by Gasteiger charge is 2.21. The quantitative estimate of drug-likeness (QED) is 0.856. The highest BCUT2D eigenvalue weighted by Crippen LogP contribution is 2.23. The van der Waals surface area contributed by atoms with Crippen LogP contribution < -0.4 is 5.32 Å². The molecule has 2 atom stereocenters. The SMILES string of the molecule is CCC(C)c1noc(C2CCCCCN2)n1. The Bertz CT molecular complexity index is 316. The van der Waals surface area contributed by atoms with Crippen LogP contribution in [0.5, 0.6) is 0 Å². The summed E-state index contributed by atoms with van der Waals surface area (Å²) in [6, 6.07) is 0.271. The Labute approximate surface area is 96.8 Å². The van der Waals surface area contributed by atoms with E-state index in [-0.39, 0.29) is 6.04 Å². The Morgan fingerprint density at radius 3 is 3.12 bits per heavy atom. The van der Waals surface area contributed by atoms with Crippen molar-refractivity contribution in [2.45, 2.75) is 57.9 Å². The predicted molar refractivity (Wildman–Crippen MR) is 62.2 cm³/mol. The van der Waals surface area contributed by atoms with E-state index in [2.05, 4.69) is 29.3 Å². The minimum atomic E-state index is 0.271. The first-order chi connectivity index (χ1) is 7.81. The predicted octanol–water partition coefficient (Wildman–Crippen LogP) is 2.79. The Hall–Kier alpha value is -0.900. The summed E-state index contributed by atoms with van der Waals surface area (Å²) >= 11 is 0. The van der Waals surface area contributed by atoms with E-state index in [1.807, 2.05) is 0 Å². The molecule has 1 saturated heterocycles. The van der Waals surface area contributed by atoms with Crippen LogP contribution in [0.3, 0.4) is 0 Å². The first-order valence-corrected chi connectivity index (χ1v) is 6.38. The van der Waals surface area contributed by atoms with E-state index in [4.69, 9.17) is 4.52 Å². The molecule has 1 aromatic heterocycles. The van der Waals surface area contributed by atoms with Gasteiger partial charge >= 0.3 is 0 Å². The first kappa shape index (κ1) is 11.6. The largest absolute Gasteiger partial charge is 0.338 e. The molecule has 1 aliphatic heterocycles. The van der Waals surface area contributed by atoms with Crippen LogP contribution in [-0.4, -0.2) is 16.7 Å². The molecule has 0 amide bonds. The number of hydrogen-bond donors (Lipinski definition) is 1. The second-order valence-electron chi connectivity index (χ2n) is 4.66. The first-order valence-electron chi connectivity index (χ1n) is 6.38. The average Bonchev–Trinajstić information content (AvgIpc) is 2.64. The fourth-order valence-corrected chi connectivity index (χ4v) is 2.01. The summed E-state index contributed by atoms with van der Waals surface area (Å²) < 4.78 is 5.36. The Morgan fingerprint density at radius 2 is 2.31 bits per heavy atom. The molecule has 4 nitrogen and oxygen atoms in total. The van der Waals surface area contributed by atoms with Gasteiger partial charge in [0, 0.05) is 5.92 Å². The molecule has 2 rings (SSSR count). The van der Waals surface area contributed by atoms with Gasteiger partial charge in [0.25, 0.3) is 0 Å². The lowest BCUT2D eigenvalue weighted by molar-refractivity contribution is 0.323. The number of nitrogens with one attached hydrogen (secondary N) is 1. The van der Waals surface area contributed by atoms with E-state index in [0.717, 1.165) is 31.1 Å². The van der Waals surface area contributed by atoms with E-state index in [9.17, 15) is 0 Å². The lowest BCUT2D eigenvalue weighted by Crippen LogP contribution is -2.20. The molecule has 1 N–H and O–H groups in total. The lowest BCUT2D eigenvalue weighted by Gasteiger charge is -2.09. The van der Waals surface area contributed by atoms with Gasteiger partial charge in [-0.2, -0.15) is 4.98 Å². The summed E-state index contributed by atoms with van der Waals surface area (Å²) in [5.74, 6) is 2.02. The van der Waals surface area contributed by atoms with Crippen LogP contribution >= 0.6 is 0 Å². The third-order valence-electron chi connectivity index (χ3n) is 3.37. The normalized spacial score (nSPS) is 24.0. The standard InChI is InChI=1S/C12H21N3O/c1-3-9(2)11-14-12(16-15-11)10-7-5-4-6-8-13-10/h9-10,13H,3-8H2,1-2H3. The smallest absolute Gasteiger partial charge is 0.243 e. The maximum Gasteiger partial charge on any atom is 0.243 e. The van der Waals surface area contributed by atoms with Crippen molar-refractivity contribution in [2.24, 2.45) is 0 Å². The molecule has 90 valence electrons. The molecule has 16 heavy (non-hydrogen) atoms. The van der Waals surface area contributed by atoms with Crippen LogP contribution in [0.15, 0.2) is 4.52 Å². The minimum Gasteiger partial charge on any atom is -0.338 e. The number of rotatable bonds is 3. The molecule has 2 heterocycles. The molecule has 4 heteroatoms. The van der Waals surface area contributed by atoms with Gasteiger partial charge in [-0.05, 0) is 25.8 Å². The summed E-state index contributed by atoms with van der Waals surface area (Å²) in [5, 5.41) is 7.54. The summed E-state index contributed by atoms with van der Waals surface area (Å²) in [7, 11) is 0. The van der Waals surface area contributed by atoms with Crippen LogP contribution in [-0.2, 0) is 0 Å². The maximum absolute atomic E-state index is 5.36. The zero-order valence-electron chi connectivity index (χ0n) is 10.2. The molecule has 1 aliphatic rings. The van der Waals surface area contributed by atoms with Gasteiger partial charge < -0.3 is 9.84 Å². The molecule has 0 radical (unpaired) electrons. The van der Waals surface area contributed by atoms with Crippen molar-refractivity contribution < 1.29 is 4.52 Å². The van der Waals surface area contributed by atoms with E-state index in [1.165, 1.54) is 19.3 Å². The third-order valence-corrected chi connectivity index (χ3v) is 3.37. The molecule has 0 spiro atoms. The topological polar surface area (TPSA) is 51.0 Å². The average molecular weight is 223 g/mol. The maximum atomic E-state index is 5.36. The van der Waals surface area contributed by atoms with Crippen molar-refractivity contribution in [3.63, 3.8) is 0 Å². The van der Waals surface area contributed by atoms with Crippen LogP contribution in [0.1, 0.15) is 69.6 Å².